The van der Waals surface area contributed by atoms with Crippen molar-refractivity contribution in [3.05, 3.63) is 84.2 Å². The first-order valence-corrected chi connectivity index (χ1v) is 8.31. The zero-order chi connectivity index (χ0) is 19.1. The molecule has 0 unspecified atom stereocenters. The minimum Gasteiger partial charge on any atom is -0.350 e. The molecule has 1 aromatic heterocycles. The second kappa shape index (κ2) is 8.66. The van der Waals surface area contributed by atoms with Crippen LogP contribution in [0.3, 0.4) is 0 Å². The molecule has 0 atom stereocenters. The maximum atomic E-state index is 13.5. The highest BCUT2D eigenvalue weighted by Crippen LogP contribution is 2.17. The van der Waals surface area contributed by atoms with Crippen LogP contribution in [0, 0.1) is 5.82 Å². The molecule has 27 heavy (non-hydrogen) atoms. The van der Waals surface area contributed by atoms with Crippen molar-refractivity contribution in [2.75, 3.05) is 13.1 Å². The summed E-state index contributed by atoms with van der Waals surface area (Å²) in [5.41, 5.74) is 2.24. The molecule has 2 N–H and O–H groups in total. The molecule has 0 aliphatic heterocycles. The molecule has 0 aliphatic carbocycles. The van der Waals surface area contributed by atoms with Crippen LogP contribution >= 0.6 is 0 Å². The number of hydrogen-bond acceptors (Lipinski definition) is 4. The van der Waals surface area contributed by atoms with E-state index in [-0.39, 0.29) is 24.6 Å². The Kier molecular flexibility index (Phi) is 5.84. The molecule has 7 heteroatoms. The molecule has 0 fully saturated rings. The van der Waals surface area contributed by atoms with Crippen LogP contribution in [0.2, 0.25) is 0 Å². The molecular weight excluding hydrogens is 347 g/mol. The van der Waals surface area contributed by atoms with Gasteiger partial charge in [-0.3, -0.25) is 9.59 Å². The molecule has 3 aromatic rings. The van der Waals surface area contributed by atoms with Crippen molar-refractivity contribution < 1.29 is 14.0 Å². The molecule has 3 rings (SSSR count). The number of amides is 2. The molecule has 1 heterocycles. The summed E-state index contributed by atoms with van der Waals surface area (Å²) in [4.78, 5) is 32.0. The van der Waals surface area contributed by atoms with Crippen LogP contribution in [-0.4, -0.2) is 34.9 Å². The van der Waals surface area contributed by atoms with Crippen LogP contribution in [-0.2, 0) is 0 Å². The van der Waals surface area contributed by atoms with Crippen LogP contribution in [0.15, 0.2) is 67.3 Å². The van der Waals surface area contributed by atoms with Crippen molar-refractivity contribution in [3.63, 3.8) is 0 Å². The molecule has 0 saturated heterocycles. The van der Waals surface area contributed by atoms with Crippen LogP contribution in [0.25, 0.3) is 11.1 Å². The Balaban J connectivity index is 1.48. The van der Waals surface area contributed by atoms with E-state index in [0.717, 1.165) is 11.1 Å². The number of carbonyl (C=O) groups is 2. The Labute approximate surface area is 155 Å². The van der Waals surface area contributed by atoms with Gasteiger partial charge in [-0.15, -0.1) is 0 Å². The second-order valence-corrected chi connectivity index (χ2v) is 5.70. The summed E-state index contributed by atoms with van der Waals surface area (Å²) < 4.78 is 13.5. The van der Waals surface area contributed by atoms with Crippen LogP contribution < -0.4 is 10.6 Å². The van der Waals surface area contributed by atoms with E-state index in [4.69, 9.17) is 0 Å². The maximum Gasteiger partial charge on any atom is 0.254 e. The third-order valence-corrected chi connectivity index (χ3v) is 3.86. The van der Waals surface area contributed by atoms with Gasteiger partial charge in [-0.1, -0.05) is 24.3 Å². The third-order valence-electron chi connectivity index (χ3n) is 3.86. The number of rotatable bonds is 6. The summed E-state index contributed by atoms with van der Waals surface area (Å²) >= 11 is 0. The van der Waals surface area contributed by atoms with Gasteiger partial charge in [0.2, 0.25) is 0 Å². The van der Waals surface area contributed by atoms with Gasteiger partial charge in [-0.25, -0.2) is 14.4 Å². The summed E-state index contributed by atoms with van der Waals surface area (Å²) in [5, 5.41) is 5.28. The highest BCUT2D eigenvalue weighted by molar-refractivity contribution is 5.95. The third kappa shape index (κ3) is 4.72. The Morgan fingerprint density at radius 3 is 2.11 bits per heavy atom. The van der Waals surface area contributed by atoms with Gasteiger partial charge in [0.1, 0.15) is 12.1 Å². The lowest BCUT2D eigenvalue weighted by molar-refractivity contribution is 0.0925. The number of benzene rings is 2. The van der Waals surface area contributed by atoms with E-state index in [2.05, 4.69) is 20.6 Å². The van der Waals surface area contributed by atoms with Gasteiger partial charge in [0.05, 0.1) is 5.56 Å². The normalized spacial score (nSPS) is 10.3. The molecule has 0 radical (unpaired) electrons. The fourth-order valence-electron chi connectivity index (χ4n) is 2.46. The molecule has 136 valence electrons. The Morgan fingerprint density at radius 2 is 1.44 bits per heavy atom. The minimum absolute atomic E-state index is 0.0238. The minimum atomic E-state index is -0.581. The molecule has 2 aromatic carbocycles. The Morgan fingerprint density at radius 1 is 0.815 bits per heavy atom. The summed E-state index contributed by atoms with van der Waals surface area (Å²) in [7, 11) is 0. The fraction of sp³-hybridized carbons (Fsp3) is 0.100. The lowest BCUT2D eigenvalue weighted by Gasteiger charge is -2.08. The SMILES string of the molecule is O=C(NCCNC(=O)c1ccccc1F)c1ccc(-c2cncnc2)cc1. The van der Waals surface area contributed by atoms with Gasteiger partial charge in [-0.2, -0.15) is 0 Å². The van der Waals surface area contributed by atoms with Crippen LogP contribution in [0.4, 0.5) is 4.39 Å². The van der Waals surface area contributed by atoms with Gasteiger partial charge in [0.15, 0.2) is 0 Å². The van der Waals surface area contributed by atoms with Gasteiger partial charge >= 0.3 is 0 Å². The molecule has 0 aliphatic rings. The predicted octanol–water partition coefficient (Wildman–Crippen LogP) is 2.44. The lowest BCUT2D eigenvalue weighted by Crippen LogP contribution is -2.35. The van der Waals surface area contributed by atoms with Crippen LogP contribution in [0.5, 0.6) is 0 Å². The van der Waals surface area contributed by atoms with E-state index in [1.165, 1.54) is 24.5 Å². The standard InChI is InChI=1S/C20H17FN4O2/c21-18-4-2-1-3-17(18)20(27)25-10-9-24-19(26)15-7-5-14(6-8-15)16-11-22-13-23-12-16/h1-8,11-13H,9-10H2,(H,24,26)(H,25,27). The quantitative estimate of drug-likeness (QED) is 0.658. The van der Waals surface area contributed by atoms with Crippen molar-refractivity contribution in [2.45, 2.75) is 0 Å². The topological polar surface area (TPSA) is 84.0 Å². The zero-order valence-corrected chi connectivity index (χ0v) is 14.4. The summed E-state index contributed by atoms with van der Waals surface area (Å²) in [6.45, 7) is 0.422. The van der Waals surface area contributed by atoms with Gasteiger partial charge in [-0.05, 0) is 29.8 Å². The number of aromatic nitrogens is 2. The van der Waals surface area contributed by atoms with Gasteiger partial charge < -0.3 is 10.6 Å². The summed E-state index contributed by atoms with van der Waals surface area (Å²) in [6, 6.07) is 12.8. The van der Waals surface area contributed by atoms with Crippen molar-refractivity contribution in [3.8, 4) is 11.1 Å². The van der Waals surface area contributed by atoms with Gasteiger partial charge in [0.25, 0.3) is 11.8 Å². The smallest absolute Gasteiger partial charge is 0.254 e. The average molecular weight is 364 g/mol. The van der Waals surface area contributed by atoms with E-state index in [9.17, 15) is 14.0 Å². The zero-order valence-electron chi connectivity index (χ0n) is 14.4. The second-order valence-electron chi connectivity index (χ2n) is 5.70. The highest BCUT2D eigenvalue weighted by atomic mass is 19.1. The number of hydrogen-bond donors (Lipinski definition) is 2. The average Bonchev–Trinajstić information content (AvgIpc) is 2.72. The molecule has 2 amide bonds. The fourth-order valence-corrected chi connectivity index (χ4v) is 2.46. The predicted molar refractivity (Wildman–Crippen MR) is 98.5 cm³/mol. The number of nitrogens with one attached hydrogen (secondary N) is 2. The molecule has 0 spiro atoms. The van der Waals surface area contributed by atoms with Crippen LogP contribution in [0.1, 0.15) is 20.7 Å². The number of carbonyl (C=O) groups excluding carboxylic acids is 2. The largest absolute Gasteiger partial charge is 0.350 e. The highest BCUT2D eigenvalue weighted by Gasteiger charge is 2.10. The van der Waals surface area contributed by atoms with E-state index in [1.54, 1.807) is 30.6 Å². The monoisotopic (exact) mass is 364 g/mol. The first-order chi connectivity index (χ1) is 13.1. The van der Waals surface area contributed by atoms with E-state index >= 15 is 0 Å². The maximum absolute atomic E-state index is 13.5. The number of nitrogens with zero attached hydrogens (tertiary/aromatic N) is 2. The Bertz CT molecular complexity index is 930. The summed E-state index contributed by atoms with van der Waals surface area (Å²) in [5.74, 6) is -1.36. The molecule has 0 saturated carbocycles. The van der Waals surface area contributed by atoms with E-state index in [0.29, 0.717) is 5.56 Å². The molecule has 6 nitrogen and oxygen atoms in total. The van der Waals surface area contributed by atoms with Crippen molar-refractivity contribution in [1.82, 2.24) is 20.6 Å². The van der Waals surface area contributed by atoms with E-state index in [1.807, 2.05) is 12.1 Å². The first-order valence-electron chi connectivity index (χ1n) is 8.31. The van der Waals surface area contributed by atoms with Gasteiger partial charge in [0, 0.05) is 36.6 Å². The summed E-state index contributed by atoms with van der Waals surface area (Å²) in [6.07, 6.45) is 4.84. The van der Waals surface area contributed by atoms with Crippen molar-refractivity contribution in [2.24, 2.45) is 0 Å². The molecular formula is C20H17FN4O2. The molecule has 0 bridgehead atoms. The lowest BCUT2D eigenvalue weighted by atomic mass is 10.1. The van der Waals surface area contributed by atoms with Crippen molar-refractivity contribution in [1.29, 1.82) is 0 Å². The first kappa shape index (κ1) is 18.2. The number of halogens is 1. The van der Waals surface area contributed by atoms with Crippen molar-refractivity contribution >= 4 is 11.8 Å². The Hall–Kier alpha value is -3.61. The van der Waals surface area contributed by atoms with E-state index < -0.39 is 11.7 Å².